The molecular formula is C19H21N3O5S. The van der Waals surface area contributed by atoms with E-state index in [4.69, 9.17) is 9.47 Å². The van der Waals surface area contributed by atoms with Crippen molar-refractivity contribution in [3.63, 3.8) is 0 Å². The third kappa shape index (κ3) is 4.15. The maximum atomic E-state index is 12.4. The molecule has 2 aromatic carbocycles. The Balaban J connectivity index is 1.76. The standard InChI is InChI=1S/C19H21N3O5S/c1-13(14-7-8-17-18(12-14)27-10-9-26-17)20-21-19(23)15-5-4-6-16(11-15)28(24,25)22(2)3/h4-8,11-12H,9-10H2,1-3H3,(H,21,23)/b20-13-. The summed E-state index contributed by atoms with van der Waals surface area (Å²) < 4.78 is 36.6. The van der Waals surface area contributed by atoms with Gasteiger partial charge in [-0.15, -0.1) is 0 Å². The van der Waals surface area contributed by atoms with Gasteiger partial charge in [-0.2, -0.15) is 5.10 Å². The maximum absolute atomic E-state index is 12.4. The van der Waals surface area contributed by atoms with Crippen molar-refractivity contribution in [3.05, 3.63) is 53.6 Å². The van der Waals surface area contributed by atoms with Gasteiger partial charge < -0.3 is 9.47 Å². The second kappa shape index (κ2) is 7.99. The summed E-state index contributed by atoms with van der Waals surface area (Å²) >= 11 is 0. The van der Waals surface area contributed by atoms with Gasteiger partial charge in [0.25, 0.3) is 5.91 Å². The van der Waals surface area contributed by atoms with E-state index >= 15 is 0 Å². The topological polar surface area (TPSA) is 97.3 Å². The van der Waals surface area contributed by atoms with Crippen molar-refractivity contribution in [1.29, 1.82) is 0 Å². The van der Waals surface area contributed by atoms with E-state index in [1.54, 1.807) is 19.1 Å². The Morgan fingerprint density at radius 1 is 1.04 bits per heavy atom. The Labute approximate surface area is 163 Å². The normalized spacial score (nSPS) is 14.1. The highest BCUT2D eigenvalue weighted by Crippen LogP contribution is 2.30. The fourth-order valence-electron chi connectivity index (χ4n) is 2.54. The van der Waals surface area contributed by atoms with Crippen LogP contribution in [0.4, 0.5) is 0 Å². The number of hydrazone groups is 1. The quantitative estimate of drug-likeness (QED) is 0.607. The van der Waals surface area contributed by atoms with E-state index in [0.717, 1.165) is 9.87 Å². The molecule has 1 aliphatic heterocycles. The first-order chi connectivity index (χ1) is 13.3. The molecule has 1 amide bonds. The van der Waals surface area contributed by atoms with Crippen LogP contribution in [0, 0.1) is 0 Å². The fourth-order valence-corrected chi connectivity index (χ4v) is 3.49. The minimum absolute atomic E-state index is 0.0395. The van der Waals surface area contributed by atoms with Crippen LogP contribution in [0.2, 0.25) is 0 Å². The molecule has 8 nitrogen and oxygen atoms in total. The predicted octanol–water partition coefficient (Wildman–Crippen LogP) is 1.86. The molecule has 0 bridgehead atoms. The van der Waals surface area contributed by atoms with Gasteiger partial charge in [-0.25, -0.2) is 18.1 Å². The lowest BCUT2D eigenvalue weighted by atomic mass is 10.1. The summed E-state index contributed by atoms with van der Waals surface area (Å²) in [6.45, 7) is 2.74. The third-order valence-electron chi connectivity index (χ3n) is 4.16. The van der Waals surface area contributed by atoms with Crippen molar-refractivity contribution < 1.29 is 22.7 Å². The van der Waals surface area contributed by atoms with Crippen LogP contribution in [0.15, 0.2) is 52.5 Å². The van der Waals surface area contributed by atoms with Crippen molar-refractivity contribution in [1.82, 2.24) is 9.73 Å². The molecule has 2 aromatic rings. The fraction of sp³-hybridized carbons (Fsp3) is 0.263. The van der Waals surface area contributed by atoms with Crippen molar-refractivity contribution in [2.24, 2.45) is 5.10 Å². The number of amides is 1. The zero-order valence-corrected chi connectivity index (χ0v) is 16.6. The molecule has 0 fully saturated rings. The first-order valence-corrected chi connectivity index (χ1v) is 10.0. The van der Waals surface area contributed by atoms with E-state index in [0.29, 0.717) is 30.4 Å². The molecule has 148 valence electrons. The monoisotopic (exact) mass is 403 g/mol. The minimum atomic E-state index is -3.62. The second-order valence-electron chi connectivity index (χ2n) is 6.31. The van der Waals surface area contributed by atoms with Crippen LogP contribution < -0.4 is 14.9 Å². The number of hydrogen-bond acceptors (Lipinski definition) is 6. The van der Waals surface area contributed by atoms with Gasteiger partial charge in [0, 0.05) is 25.2 Å². The van der Waals surface area contributed by atoms with Gasteiger partial charge in [0.2, 0.25) is 10.0 Å². The number of sulfonamides is 1. The molecule has 0 spiro atoms. The number of carbonyl (C=O) groups is 1. The van der Waals surface area contributed by atoms with Crippen LogP contribution >= 0.6 is 0 Å². The summed E-state index contributed by atoms with van der Waals surface area (Å²) in [4.78, 5) is 12.4. The van der Waals surface area contributed by atoms with Gasteiger partial charge in [-0.05, 0) is 43.3 Å². The van der Waals surface area contributed by atoms with Crippen molar-refractivity contribution in [2.45, 2.75) is 11.8 Å². The van der Waals surface area contributed by atoms with Crippen molar-refractivity contribution in [3.8, 4) is 11.5 Å². The van der Waals surface area contributed by atoms with Crippen LogP contribution in [0.3, 0.4) is 0 Å². The number of carbonyl (C=O) groups excluding carboxylic acids is 1. The van der Waals surface area contributed by atoms with Crippen LogP contribution in [0.1, 0.15) is 22.8 Å². The Bertz CT molecular complexity index is 1030. The molecule has 3 rings (SSSR count). The smallest absolute Gasteiger partial charge is 0.271 e. The Morgan fingerprint density at radius 3 is 2.46 bits per heavy atom. The van der Waals surface area contributed by atoms with Gasteiger partial charge in [0.1, 0.15) is 13.2 Å². The molecule has 1 N–H and O–H groups in total. The number of nitrogens with zero attached hydrogens (tertiary/aromatic N) is 2. The van der Waals surface area contributed by atoms with Gasteiger partial charge in [0.05, 0.1) is 10.6 Å². The summed E-state index contributed by atoms with van der Waals surface area (Å²) in [6.07, 6.45) is 0. The van der Waals surface area contributed by atoms with E-state index < -0.39 is 15.9 Å². The molecule has 28 heavy (non-hydrogen) atoms. The molecule has 0 radical (unpaired) electrons. The van der Waals surface area contributed by atoms with Crippen LogP contribution in [-0.4, -0.2) is 51.7 Å². The van der Waals surface area contributed by atoms with Crippen LogP contribution in [0.25, 0.3) is 0 Å². The molecule has 1 heterocycles. The first-order valence-electron chi connectivity index (χ1n) is 8.56. The average Bonchev–Trinajstić information content (AvgIpc) is 2.71. The molecule has 9 heteroatoms. The van der Waals surface area contributed by atoms with E-state index in [-0.39, 0.29) is 10.5 Å². The molecule has 0 atom stereocenters. The zero-order valence-electron chi connectivity index (χ0n) is 15.8. The Kier molecular flexibility index (Phi) is 5.66. The van der Waals surface area contributed by atoms with Gasteiger partial charge in [0.15, 0.2) is 11.5 Å². The first kappa shape index (κ1) is 19.8. The van der Waals surface area contributed by atoms with Crippen LogP contribution in [-0.2, 0) is 10.0 Å². The summed E-state index contributed by atoms with van der Waals surface area (Å²) in [5.74, 6) is 0.796. The third-order valence-corrected chi connectivity index (χ3v) is 5.97. The lowest BCUT2D eigenvalue weighted by Gasteiger charge is -2.18. The molecule has 0 unspecified atom stereocenters. The number of benzene rings is 2. The number of fused-ring (bicyclic) bond motifs is 1. The number of hydrogen-bond donors (Lipinski definition) is 1. The summed E-state index contributed by atoms with van der Waals surface area (Å²) in [5, 5.41) is 4.11. The molecule has 0 saturated heterocycles. The lowest BCUT2D eigenvalue weighted by Crippen LogP contribution is -2.23. The van der Waals surface area contributed by atoms with Gasteiger partial charge >= 0.3 is 0 Å². The highest BCUT2D eigenvalue weighted by atomic mass is 32.2. The zero-order chi connectivity index (χ0) is 20.3. The highest BCUT2D eigenvalue weighted by molar-refractivity contribution is 7.89. The summed E-state index contributed by atoms with van der Waals surface area (Å²) in [7, 11) is -0.757. The summed E-state index contributed by atoms with van der Waals surface area (Å²) in [6, 6.07) is 11.2. The van der Waals surface area contributed by atoms with E-state index in [1.807, 2.05) is 6.07 Å². The molecule has 0 aromatic heterocycles. The number of nitrogens with one attached hydrogen (secondary N) is 1. The minimum Gasteiger partial charge on any atom is -0.486 e. The predicted molar refractivity (Wildman–Crippen MR) is 104 cm³/mol. The van der Waals surface area contributed by atoms with Gasteiger partial charge in [-0.3, -0.25) is 4.79 Å². The second-order valence-corrected chi connectivity index (χ2v) is 8.46. The lowest BCUT2D eigenvalue weighted by molar-refractivity contribution is 0.0954. The number of rotatable bonds is 5. The maximum Gasteiger partial charge on any atom is 0.271 e. The summed E-state index contributed by atoms with van der Waals surface area (Å²) in [5.41, 5.74) is 3.99. The number of ether oxygens (including phenoxy) is 2. The Morgan fingerprint density at radius 2 is 1.75 bits per heavy atom. The SMILES string of the molecule is C/C(=N/NC(=O)c1cccc(S(=O)(=O)N(C)C)c1)c1ccc2c(c1)OCCO2. The van der Waals surface area contributed by atoms with E-state index in [1.165, 1.54) is 38.4 Å². The van der Waals surface area contributed by atoms with Gasteiger partial charge in [-0.1, -0.05) is 6.07 Å². The van der Waals surface area contributed by atoms with E-state index in [2.05, 4.69) is 10.5 Å². The average molecular weight is 403 g/mol. The van der Waals surface area contributed by atoms with Crippen molar-refractivity contribution >= 4 is 21.6 Å². The van der Waals surface area contributed by atoms with Crippen LogP contribution in [0.5, 0.6) is 11.5 Å². The molecule has 0 saturated carbocycles. The largest absolute Gasteiger partial charge is 0.486 e. The van der Waals surface area contributed by atoms with E-state index in [9.17, 15) is 13.2 Å². The molecule has 1 aliphatic rings. The van der Waals surface area contributed by atoms with Crippen molar-refractivity contribution in [2.75, 3.05) is 27.3 Å². The molecule has 0 aliphatic carbocycles. The highest BCUT2D eigenvalue weighted by Gasteiger charge is 2.19. The Hall–Kier alpha value is -2.91. The molecular weight excluding hydrogens is 382 g/mol.